The van der Waals surface area contributed by atoms with Crippen LogP contribution in [0.3, 0.4) is 0 Å². The van der Waals surface area contributed by atoms with E-state index >= 15 is 0 Å². The first kappa shape index (κ1) is 13.3. The lowest BCUT2D eigenvalue weighted by Crippen LogP contribution is -2.16. The number of aryl methyl sites for hydroxylation is 2. The lowest BCUT2D eigenvalue weighted by molar-refractivity contribution is 0.101. The molecule has 4 aromatic rings. The molecule has 0 bridgehead atoms. The molecule has 114 valence electrons. The van der Waals surface area contributed by atoms with Crippen LogP contribution in [-0.2, 0) is 7.05 Å². The monoisotopic (exact) mass is 308 g/mol. The van der Waals surface area contributed by atoms with Gasteiger partial charge < -0.3 is 5.32 Å². The lowest BCUT2D eigenvalue weighted by atomic mass is 10.2. The van der Waals surface area contributed by atoms with Crippen molar-refractivity contribution in [3.8, 4) is 0 Å². The van der Waals surface area contributed by atoms with Gasteiger partial charge in [0.15, 0.2) is 0 Å². The third kappa shape index (κ3) is 2.18. The number of benzene rings is 1. The van der Waals surface area contributed by atoms with Gasteiger partial charge in [0.1, 0.15) is 11.0 Å². The van der Waals surface area contributed by atoms with Crippen molar-refractivity contribution in [3.63, 3.8) is 0 Å². The van der Waals surface area contributed by atoms with Gasteiger partial charge in [-0.05, 0) is 25.1 Å². The van der Waals surface area contributed by atoms with Crippen LogP contribution in [0, 0.1) is 6.92 Å². The Hall–Kier alpha value is -3.36. The van der Waals surface area contributed by atoms with Crippen LogP contribution in [0.15, 0.2) is 30.5 Å². The summed E-state index contributed by atoms with van der Waals surface area (Å²) in [7, 11) is 1.73. The summed E-state index contributed by atoms with van der Waals surface area (Å²) in [4.78, 5) is 18.2. The summed E-state index contributed by atoms with van der Waals surface area (Å²) < 4.78 is 1.54. The van der Waals surface area contributed by atoms with Gasteiger partial charge in [-0.15, -0.1) is 10.2 Å². The molecule has 0 atom stereocenters. The predicted molar refractivity (Wildman–Crippen MR) is 82.0 cm³/mol. The van der Waals surface area contributed by atoms with Gasteiger partial charge in [0, 0.05) is 18.9 Å². The van der Waals surface area contributed by atoms with Crippen molar-refractivity contribution in [2.45, 2.75) is 6.92 Å². The number of nitrogens with one attached hydrogen (secondary N) is 1. The Morgan fingerprint density at radius 1 is 1.17 bits per heavy atom. The molecule has 0 spiro atoms. The Balaban J connectivity index is 1.73. The molecular weight excluding hydrogens is 296 g/mol. The predicted octanol–water partition coefficient (Wildman–Crippen LogP) is 0.967. The van der Waals surface area contributed by atoms with E-state index in [0.717, 1.165) is 5.69 Å². The quantitative estimate of drug-likeness (QED) is 0.592. The molecule has 3 heterocycles. The van der Waals surface area contributed by atoms with Gasteiger partial charge in [0.05, 0.1) is 5.69 Å². The topological polar surface area (TPSA) is 103 Å². The first-order valence-corrected chi connectivity index (χ1v) is 6.91. The summed E-state index contributed by atoms with van der Waals surface area (Å²) in [6.07, 6.45) is 1.72. The summed E-state index contributed by atoms with van der Waals surface area (Å²) in [6, 6.07) is 7.19. The molecule has 0 aliphatic heterocycles. The van der Waals surface area contributed by atoms with E-state index in [2.05, 4.69) is 30.7 Å². The molecule has 23 heavy (non-hydrogen) atoms. The van der Waals surface area contributed by atoms with E-state index < -0.39 is 0 Å². The van der Waals surface area contributed by atoms with E-state index in [1.807, 2.05) is 13.0 Å². The fraction of sp³-hybridized carbons (Fsp3) is 0.143. The largest absolute Gasteiger partial charge is 0.317 e. The molecule has 4 rings (SSSR count). The second kappa shape index (κ2) is 4.83. The fourth-order valence-electron chi connectivity index (χ4n) is 2.35. The molecule has 0 fully saturated rings. The number of carbonyl (C=O) groups is 1. The molecule has 1 N–H and O–H groups in total. The van der Waals surface area contributed by atoms with Gasteiger partial charge in [-0.3, -0.25) is 9.20 Å². The van der Waals surface area contributed by atoms with E-state index in [1.54, 1.807) is 35.8 Å². The minimum atomic E-state index is -0.388. The van der Waals surface area contributed by atoms with E-state index in [9.17, 15) is 4.79 Å². The molecule has 0 radical (unpaired) electrons. The number of anilines is 1. The Bertz CT molecular complexity index is 1050. The maximum atomic E-state index is 12.5. The number of hydrogen-bond donors (Lipinski definition) is 1. The summed E-state index contributed by atoms with van der Waals surface area (Å²) in [5, 5.41) is 19.1. The van der Waals surface area contributed by atoms with Crippen molar-refractivity contribution in [2.75, 3.05) is 5.32 Å². The van der Waals surface area contributed by atoms with E-state index in [0.29, 0.717) is 22.5 Å². The molecule has 0 unspecified atom stereocenters. The highest BCUT2D eigenvalue weighted by molar-refractivity contribution is 6.06. The molecule has 9 heteroatoms. The van der Waals surface area contributed by atoms with Crippen LogP contribution < -0.4 is 5.32 Å². The number of nitrogens with zero attached hydrogens (tertiary/aromatic N) is 7. The van der Waals surface area contributed by atoms with Crippen molar-refractivity contribution in [2.24, 2.45) is 7.05 Å². The van der Waals surface area contributed by atoms with Gasteiger partial charge in [0.2, 0.25) is 5.82 Å². The number of hydrogen-bond acceptors (Lipinski definition) is 6. The zero-order chi connectivity index (χ0) is 16.0. The minimum Gasteiger partial charge on any atom is -0.317 e. The number of amides is 1. The van der Waals surface area contributed by atoms with E-state index in [1.165, 1.54) is 4.80 Å². The van der Waals surface area contributed by atoms with Gasteiger partial charge >= 0.3 is 0 Å². The molecule has 0 saturated carbocycles. The van der Waals surface area contributed by atoms with Crippen LogP contribution in [0.1, 0.15) is 16.3 Å². The standard InChI is InChI=1S/C14H12N8O/c1-8-6-7-22-12(17-18-14(22)15-8)13(23)16-9-4-3-5-10-11(9)20-21(2)19-10/h3-7H,1-2H3,(H,16,23). The molecule has 3 aromatic heterocycles. The Morgan fingerprint density at radius 3 is 2.91 bits per heavy atom. The van der Waals surface area contributed by atoms with E-state index in [-0.39, 0.29) is 11.7 Å². The maximum Gasteiger partial charge on any atom is 0.294 e. The zero-order valence-electron chi connectivity index (χ0n) is 12.4. The summed E-state index contributed by atoms with van der Waals surface area (Å²) in [5.74, 6) is 0.155. The maximum absolute atomic E-state index is 12.5. The normalized spacial score (nSPS) is 11.2. The fourth-order valence-corrected chi connectivity index (χ4v) is 2.35. The SMILES string of the molecule is Cc1ccn2c(C(=O)Nc3cccc4nn(C)nc34)nnc2n1. The summed E-state index contributed by atoms with van der Waals surface area (Å²) >= 11 is 0. The minimum absolute atomic E-state index is 0.161. The van der Waals surface area contributed by atoms with Crippen LogP contribution in [0.5, 0.6) is 0 Å². The first-order valence-electron chi connectivity index (χ1n) is 6.91. The van der Waals surface area contributed by atoms with Crippen molar-refractivity contribution in [1.29, 1.82) is 0 Å². The first-order chi connectivity index (χ1) is 11.1. The Morgan fingerprint density at radius 2 is 2.04 bits per heavy atom. The Labute approximate surface area is 130 Å². The Kier molecular flexibility index (Phi) is 2.80. The van der Waals surface area contributed by atoms with Gasteiger partial charge in [-0.25, -0.2) is 4.98 Å². The average molecular weight is 308 g/mol. The average Bonchev–Trinajstić information content (AvgIpc) is 3.09. The number of rotatable bonds is 2. The molecular formula is C14H12N8O. The van der Waals surface area contributed by atoms with Gasteiger partial charge in [-0.1, -0.05) is 6.07 Å². The second-order valence-electron chi connectivity index (χ2n) is 5.08. The highest BCUT2D eigenvalue weighted by atomic mass is 16.2. The number of fused-ring (bicyclic) bond motifs is 2. The number of aromatic nitrogens is 7. The van der Waals surface area contributed by atoms with Crippen LogP contribution in [0.25, 0.3) is 16.8 Å². The van der Waals surface area contributed by atoms with Crippen LogP contribution >= 0.6 is 0 Å². The molecule has 1 amide bonds. The third-order valence-corrected chi connectivity index (χ3v) is 3.38. The zero-order valence-corrected chi connectivity index (χ0v) is 12.4. The molecule has 0 aliphatic rings. The number of carbonyl (C=O) groups excluding carboxylic acids is 1. The second-order valence-corrected chi connectivity index (χ2v) is 5.08. The van der Waals surface area contributed by atoms with Gasteiger partial charge in [-0.2, -0.15) is 15.0 Å². The van der Waals surface area contributed by atoms with Crippen molar-refractivity contribution < 1.29 is 4.79 Å². The molecule has 1 aromatic carbocycles. The van der Waals surface area contributed by atoms with Crippen LogP contribution in [0.4, 0.5) is 5.69 Å². The lowest BCUT2D eigenvalue weighted by Gasteiger charge is -2.04. The van der Waals surface area contributed by atoms with Crippen molar-refractivity contribution in [3.05, 3.63) is 42.0 Å². The van der Waals surface area contributed by atoms with Crippen molar-refractivity contribution >= 4 is 28.4 Å². The molecule has 0 saturated heterocycles. The van der Waals surface area contributed by atoms with Crippen LogP contribution in [0.2, 0.25) is 0 Å². The highest BCUT2D eigenvalue weighted by Crippen LogP contribution is 2.20. The van der Waals surface area contributed by atoms with Gasteiger partial charge in [0.25, 0.3) is 11.7 Å². The summed E-state index contributed by atoms with van der Waals surface area (Å²) in [6.45, 7) is 1.85. The van der Waals surface area contributed by atoms with Crippen molar-refractivity contribution in [1.82, 2.24) is 34.6 Å². The molecule has 9 nitrogen and oxygen atoms in total. The third-order valence-electron chi connectivity index (χ3n) is 3.38. The highest BCUT2D eigenvalue weighted by Gasteiger charge is 2.17. The van der Waals surface area contributed by atoms with Crippen LogP contribution in [-0.4, -0.2) is 40.5 Å². The molecule has 0 aliphatic carbocycles. The van der Waals surface area contributed by atoms with E-state index in [4.69, 9.17) is 0 Å². The smallest absolute Gasteiger partial charge is 0.294 e. The summed E-state index contributed by atoms with van der Waals surface area (Å²) in [5.41, 5.74) is 2.69.